The van der Waals surface area contributed by atoms with Crippen LogP contribution in [0.1, 0.15) is 24.8 Å². The van der Waals surface area contributed by atoms with Gasteiger partial charge in [0.2, 0.25) is 5.91 Å². The van der Waals surface area contributed by atoms with Crippen LogP contribution in [0.2, 0.25) is 10.0 Å². The second-order valence-corrected chi connectivity index (χ2v) is 6.92. The fourth-order valence-electron chi connectivity index (χ4n) is 2.97. The van der Waals surface area contributed by atoms with Gasteiger partial charge in [-0.1, -0.05) is 29.3 Å². The Hall–Kier alpha value is -0.810. The van der Waals surface area contributed by atoms with E-state index in [2.05, 4.69) is 4.90 Å². The smallest absolute Gasteiger partial charge is 0.227 e. The largest absolute Gasteiger partial charge is 0.396 e. The number of likely N-dealkylation sites (N-methyl/N-ethyl adjacent to an activating group) is 1. The fourth-order valence-corrected chi connectivity index (χ4v) is 3.29. The molecule has 1 atom stereocenters. The Kier molecular flexibility index (Phi) is 7.15. The van der Waals surface area contributed by atoms with E-state index in [-0.39, 0.29) is 25.0 Å². The third kappa shape index (κ3) is 5.35. The van der Waals surface area contributed by atoms with Crippen molar-refractivity contribution in [1.82, 2.24) is 9.80 Å². The van der Waals surface area contributed by atoms with E-state index in [4.69, 9.17) is 23.2 Å². The first-order chi connectivity index (χ1) is 11.0. The molecule has 1 saturated heterocycles. The van der Waals surface area contributed by atoms with E-state index < -0.39 is 0 Å². The number of benzene rings is 1. The van der Waals surface area contributed by atoms with Gasteiger partial charge in [0.05, 0.1) is 16.5 Å². The Morgan fingerprint density at radius 3 is 2.61 bits per heavy atom. The van der Waals surface area contributed by atoms with E-state index in [0.29, 0.717) is 16.5 Å². The Morgan fingerprint density at radius 1 is 1.30 bits per heavy atom. The standard InChI is InChI=1S/C17H24Cl2N2O2/c1-20(14(6-9-22)12-21-7-2-3-8-21)17(23)11-13-4-5-15(18)16(19)10-13/h4-5,10,14,22H,2-3,6-9,11-12H2,1H3. The molecule has 1 unspecified atom stereocenters. The number of rotatable bonds is 7. The van der Waals surface area contributed by atoms with E-state index in [1.807, 2.05) is 13.1 Å². The van der Waals surface area contributed by atoms with Gasteiger partial charge in [-0.2, -0.15) is 0 Å². The molecule has 0 aliphatic carbocycles. The fraction of sp³-hybridized carbons (Fsp3) is 0.588. The number of amides is 1. The minimum Gasteiger partial charge on any atom is -0.396 e. The van der Waals surface area contributed by atoms with Gasteiger partial charge in [0.1, 0.15) is 0 Å². The zero-order valence-electron chi connectivity index (χ0n) is 13.5. The first kappa shape index (κ1) is 18.5. The van der Waals surface area contributed by atoms with Crippen LogP contribution in [-0.4, -0.2) is 60.1 Å². The van der Waals surface area contributed by atoms with Gasteiger partial charge in [-0.15, -0.1) is 0 Å². The van der Waals surface area contributed by atoms with Crippen LogP contribution < -0.4 is 0 Å². The van der Waals surface area contributed by atoms with Crippen molar-refractivity contribution in [2.24, 2.45) is 0 Å². The van der Waals surface area contributed by atoms with Gasteiger partial charge in [0.25, 0.3) is 0 Å². The lowest BCUT2D eigenvalue weighted by atomic mass is 10.1. The van der Waals surface area contributed by atoms with Gasteiger partial charge in [0.15, 0.2) is 0 Å². The van der Waals surface area contributed by atoms with Crippen molar-refractivity contribution in [3.8, 4) is 0 Å². The molecule has 128 valence electrons. The van der Waals surface area contributed by atoms with Gasteiger partial charge in [0, 0.05) is 26.2 Å². The van der Waals surface area contributed by atoms with Crippen LogP contribution in [-0.2, 0) is 11.2 Å². The zero-order chi connectivity index (χ0) is 16.8. The van der Waals surface area contributed by atoms with Gasteiger partial charge < -0.3 is 14.9 Å². The molecule has 2 rings (SSSR count). The summed E-state index contributed by atoms with van der Waals surface area (Å²) < 4.78 is 0. The van der Waals surface area contributed by atoms with Crippen LogP contribution in [0, 0.1) is 0 Å². The molecule has 1 aromatic rings. The first-order valence-corrected chi connectivity index (χ1v) is 8.79. The molecular weight excluding hydrogens is 335 g/mol. The van der Waals surface area contributed by atoms with E-state index in [9.17, 15) is 9.90 Å². The van der Waals surface area contributed by atoms with Crippen LogP contribution in [0.4, 0.5) is 0 Å². The molecular formula is C17H24Cl2N2O2. The molecule has 1 fully saturated rings. The number of aliphatic hydroxyl groups excluding tert-OH is 1. The monoisotopic (exact) mass is 358 g/mol. The van der Waals surface area contributed by atoms with E-state index in [1.54, 1.807) is 17.0 Å². The number of likely N-dealkylation sites (tertiary alicyclic amines) is 1. The molecule has 0 aromatic heterocycles. The second-order valence-electron chi connectivity index (χ2n) is 6.10. The van der Waals surface area contributed by atoms with Crippen molar-refractivity contribution in [2.45, 2.75) is 31.7 Å². The maximum absolute atomic E-state index is 12.5. The quantitative estimate of drug-likeness (QED) is 0.814. The number of hydrogen-bond acceptors (Lipinski definition) is 3. The summed E-state index contributed by atoms with van der Waals surface area (Å²) in [5.41, 5.74) is 0.847. The Labute approximate surface area is 148 Å². The Bertz CT molecular complexity index is 533. The molecule has 0 spiro atoms. The van der Waals surface area contributed by atoms with Crippen molar-refractivity contribution >= 4 is 29.1 Å². The predicted octanol–water partition coefficient (Wildman–Crippen LogP) is 2.84. The van der Waals surface area contributed by atoms with Gasteiger partial charge in [-0.3, -0.25) is 4.79 Å². The maximum Gasteiger partial charge on any atom is 0.227 e. The summed E-state index contributed by atoms with van der Waals surface area (Å²) in [7, 11) is 1.82. The minimum atomic E-state index is 0.0287. The molecule has 1 aliphatic rings. The van der Waals surface area contributed by atoms with Crippen LogP contribution in [0.15, 0.2) is 18.2 Å². The number of hydrogen-bond donors (Lipinski definition) is 1. The first-order valence-electron chi connectivity index (χ1n) is 8.04. The highest BCUT2D eigenvalue weighted by atomic mass is 35.5. The summed E-state index contributed by atoms with van der Waals surface area (Å²) in [6, 6.07) is 5.30. The lowest BCUT2D eigenvalue weighted by Gasteiger charge is -2.31. The Morgan fingerprint density at radius 2 is 2.00 bits per heavy atom. The number of halogens is 2. The average Bonchev–Trinajstić information content (AvgIpc) is 3.03. The van der Waals surface area contributed by atoms with Crippen molar-refractivity contribution in [3.05, 3.63) is 33.8 Å². The molecule has 23 heavy (non-hydrogen) atoms. The number of aliphatic hydroxyl groups is 1. The van der Waals surface area contributed by atoms with Crippen LogP contribution in [0.25, 0.3) is 0 Å². The second kappa shape index (κ2) is 8.88. The summed E-state index contributed by atoms with van der Waals surface area (Å²) in [5.74, 6) is 0.0287. The number of nitrogens with zero attached hydrogens (tertiary/aromatic N) is 2. The lowest BCUT2D eigenvalue weighted by molar-refractivity contribution is -0.131. The molecule has 1 aliphatic heterocycles. The van der Waals surface area contributed by atoms with Crippen molar-refractivity contribution in [1.29, 1.82) is 0 Å². The number of carbonyl (C=O) groups is 1. The van der Waals surface area contributed by atoms with E-state index >= 15 is 0 Å². The molecule has 0 radical (unpaired) electrons. The summed E-state index contributed by atoms with van der Waals surface area (Å²) in [5, 5.41) is 10.3. The minimum absolute atomic E-state index is 0.0287. The third-order valence-electron chi connectivity index (χ3n) is 4.41. The summed E-state index contributed by atoms with van der Waals surface area (Å²) in [6.45, 7) is 3.07. The van der Waals surface area contributed by atoms with Crippen molar-refractivity contribution in [2.75, 3.05) is 33.3 Å². The summed E-state index contributed by atoms with van der Waals surface area (Å²) in [6.07, 6.45) is 3.31. The topological polar surface area (TPSA) is 43.8 Å². The number of carbonyl (C=O) groups excluding carboxylic acids is 1. The maximum atomic E-state index is 12.5. The van der Waals surface area contributed by atoms with Gasteiger partial charge in [-0.25, -0.2) is 0 Å². The van der Waals surface area contributed by atoms with Crippen molar-refractivity contribution < 1.29 is 9.90 Å². The van der Waals surface area contributed by atoms with Gasteiger partial charge >= 0.3 is 0 Å². The molecule has 4 nitrogen and oxygen atoms in total. The molecule has 0 bridgehead atoms. The van der Waals surface area contributed by atoms with Crippen LogP contribution in [0.3, 0.4) is 0 Å². The highest BCUT2D eigenvalue weighted by molar-refractivity contribution is 6.42. The molecule has 1 heterocycles. The van der Waals surface area contributed by atoms with E-state index in [0.717, 1.165) is 25.2 Å². The SMILES string of the molecule is CN(C(=O)Cc1ccc(Cl)c(Cl)c1)C(CCO)CN1CCCC1. The van der Waals surface area contributed by atoms with E-state index in [1.165, 1.54) is 12.8 Å². The highest BCUT2D eigenvalue weighted by Crippen LogP contribution is 2.23. The summed E-state index contributed by atoms with van der Waals surface area (Å²) >= 11 is 11.9. The molecule has 1 amide bonds. The highest BCUT2D eigenvalue weighted by Gasteiger charge is 2.23. The van der Waals surface area contributed by atoms with Gasteiger partial charge in [-0.05, 0) is 50.0 Å². The molecule has 1 N–H and O–H groups in total. The van der Waals surface area contributed by atoms with Crippen LogP contribution >= 0.6 is 23.2 Å². The predicted molar refractivity (Wildman–Crippen MR) is 94.1 cm³/mol. The normalized spacial score (nSPS) is 16.5. The summed E-state index contributed by atoms with van der Waals surface area (Å²) in [4.78, 5) is 16.7. The van der Waals surface area contributed by atoms with Crippen molar-refractivity contribution in [3.63, 3.8) is 0 Å². The molecule has 0 saturated carbocycles. The van der Waals surface area contributed by atoms with Crippen LogP contribution in [0.5, 0.6) is 0 Å². The Balaban J connectivity index is 1.97. The third-order valence-corrected chi connectivity index (χ3v) is 5.15. The average molecular weight is 359 g/mol. The molecule has 1 aromatic carbocycles. The lowest BCUT2D eigenvalue weighted by Crippen LogP contribution is -2.45. The molecule has 6 heteroatoms. The zero-order valence-corrected chi connectivity index (χ0v) is 15.0.